The third-order valence-corrected chi connectivity index (χ3v) is 3.01. The van der Waals surface area contributed by atoms with Crippen molar-refractivity contribution < 1.29 is 0 Å². The van der Waals surface area contributed by atoms with Gasteiger partial charge in [-0.25, -0.2) is 0 Å². The van der Waals surface area contributed by atoms with E-state index in [1.54, 1.807) is 0 Å². The first kappa shape index (κ1) is 12.9. The van der Waals surface area contributed by atoms with Crippen molar-refractivity contribution in [3.05, 3.63) is 76.9 Å². The van der Waals surface area contributed by atoms with Crippen molar-refractivity contribution in [1.29, 1.82) is 5.26 Å². The van der Waals surface area contributed by atoms with Crippen molar-refractivity contribution in [2.24, 2.45) is 5.73 Å². The molecule has 0 heterocycles. The van der Waals surface area contributed by atoms with Gasteiger partial charge in [-0.1, -0.05) is 54.1 Å². The zero-order valence-corrected chi connectivity index (χ0v) is 10.9. The Morgan fingerprint density at radius 1 is 1.11 bits per heavy atom. The maximum Gasteiger partial charge on any atom is 0.0972 e. The number of aryl methyl sites for hydroxylation is 1. The Labute approximate surface area is 113 Å². The number of benzene rings is 2. The smallest absolute Gasteiger partial charge is 0.0972 e. The molecule has 0 aliphatic rings. The molecule has 0 aliphatic carbocycles. The molecule has 0 radical (unpaired) electrons. The van der Waals surface area contributed by atoms with E-state index in [-0.39, 0.29) is 0 Å². The first-order valence-electron chi connectivity index (χ1n) is 6.20. The zero-order chi connectivity index (χ0) is 13.7. The van der Waals surface area contributed by atoms with Gasteiger partial charge in [-0.05, 0) is 24.1 Å². The van der Waals surface area contributed by atoms with Crippen molar-refractivity contribution in [1.82, 2.24) is 0 Å². The Morgan fingerprint density at radius 2 is 1.84 bits per heavy atom. The van der Waals surface area contributed by atoms with Crippen LogP contribution in [0.25, 0.3) is 5.70 Å². The van der Waals surface area contributed by atoms with Crippen LogP contribution in [-0.4, -0.2) is 0 Å². The molecule has 0 aromatic heterocycles. The van der Waals surface area contributed by atoms with Crippen molar-refractivity contribution in [2.45, 2.75) is 13.3 Å². The van der Waals surface area contributed by atoms with Gasteiger partial charge in [-0.3, -0.25) is 0 Å². The Morgan fingerprint density at radius 3 is 2.47 bits per heavy atom. The van der Waals surface area contributed by atoms with E-state index >= 15 is 0 Å². The fourth-order valence-corrected chi connectivity index (χ4v) is 1.98. The third kappa shape index (κ3) is 3.23. The summed E-state index contributed by atoms with van der Waals surface area (Å²) in [4.78, 5) is 0. The first-order valence-corrected chi connectivity index (χ1v) is 6.20. The van der Waals surface area contributed by atoms with E-state index in [1.165, 1.54) is 0 Å². The summed E-state index contributed by atoms with van der Waals surface area (Å²) in [5.74, 6) is 0. The molecule has 0 atom stereocenters. The third-order valence-electron chi connectivity index (χ3n) is 3.01. The van der Waals surface area contributed by atoms with Crippen LogP contribution in [0, 0.1) is 18.3 Å². The summed E-state index contributed by atoms with van der Waals surface area (Å²) >= 11 is 0. The maximum atomic E-state index is 9.30. The van der Waals surface area contributed by atoms with E-state index in [4.69, 9.17) is 5.73 Å². The molecule has 94 valence electrons. The van der Waals surface area contributed by atoms with E-state index < -0.39 is 0 Å². The monoisotopic (exact) mass is 248 g/mol. The van der Waals surface area contributed by atoms with Crippen molar-refractivity contribution in [3.63, 3.8) is 0 Å². The van der Waals surface area contributed by atoms with Gasteiger partial charge in [0.25, 0.3) is 0 Å². The average Bonchev–Trinajstić information content (AvgIpc) is 2.45. The van der Waals surface area contributed by atoms with Gasteiger partial charge in [0.1, 0.15) is 0 Å². The Bertz CT molecular complexity index is 634. The SMILES string of the molecule is Cc1cccc(/C(N)=C(\C#N)Cc2ccccc2)c1. The molecule has 0 aliphatic heterocycles. The van der Waals surface area contributed by atoms with Gasteiger partial charge in [0.15, 0.2) is 0 Å². The van der Waals surface area contributed by atoms with Crippen LogP contribution in [0.1, 0.15) is 16.7 Å². The van der Waals surface area contributed by atoms with E-state index in [0.29, 0.717) is 17.7 Å². The molecule has 0 amide bonds. The van der Waals surface area contributed by atoms with Crippen LogP contribution in [0.4, 0.5) is 0 Å². The molecule has 2 aromatic rings. The lowest BCUT2D eigenvalue weighted by molar-refractivity contribution is 1.19. The highest BCUT2D eigenvalue weighted by molar-refractivity contribution is 5.70. The van der Waals surface area contributed by atoms with Crippen LogP contribution in [0.2, 0.25) is 0 Å². The molecule has 2 aromatic carbocycles. The van der Waals surface area contributed by atoms with Gasteiger partial charge in [-0.2, -0.15) is 5.26 Å². The molecular weight excluding hydrogens is 232 g/mol. The van der Waals surface area contributed by atoms with Crippen molar-refractivity contribution in [3.8, 4) is 6.07 Å². The summed E-state index contributed by atoms with van der Waals surface area (Å²) in [7, 11) is 0. The molecule has 0 saturated heterocycles. The van der Waals surface area contributed by atoms with Crippen LogP contribution < -0.4 is 5.73 Å². The number of rotatable bonds is 3. The number of hydrogen-bond donors (Lipinski definition) is 1. The molecule has 2 N–H and O–H groups in total. The van der Waals surface area contributed by atoms with Gasteiger partial charge in [0, 0.05) is 6.42 Å². The predicted molar refractivity (Wildman–Crippen MR) is 78.0 cm³/mol. The number of allylic oxidation sites excluding steroid dienone is 1. The molecule has 2 nitrogen and oxygen atoms in total. The van der Waals surface area contributed by atoms with Crippen LogP contribution in [0.15, 0.2) is 60.2 Å². The highest BCUT2D eigenvalue weighted by atomic mass is 14.6. The predicted octanol–water partition coefficient (Wildman–Crippen LogP) is 3.43. The molecule has 19 heavy (non-hydrogen) atoms. The number of nitrogens with two attached hydrogens (primary N) is 1. The lowest BCUT2D eigenvalue weighted by Gasteiger charge is -2.07. The van der Waals surface area contributed by atoms with Gasteiger partial charge < -0.3 is 5.73 Å². The molecular formula is C17H16N2. The molecule has 2 rings (SSSR count). The second kappa shape index (κ2) is 5.88. The second-order valence-corrected chi connectivity index (χ2v) is 4.54. The normalized spacial score (nSPS) is 11.6. The minimum Gasteiger partial charge on any atom is -0.397 e. The van der Waals surface area contributed by atoms with E-state index in [0.717, 1.165) is 16.7 Å². The number of nitrogens with zero attached hydrogens (tertiary/aromatic N) is 1. The number of hydrogen-bond acceptors (Lipinski definition) is 2. The second-order valence-electron chi connectivity index (χ2n) is 4.54. The summed E-state index contributed by atoms with van der Waals surface area (Å²) in [6, 6.07) is 20.0. The molecule has 0 spiro atoms. The molecule has 0 bridgehead atoms. The van der Waals surface area contributed by atoms with Crippen LogP contribution in [-0.2, 0) is 6.42 Å². The molecule has 0 saturated carbocycles. The summed E-state index contributed by atoms with van der Waals surface area (Å²) in [5, 5.41) is 9.30. The average molecular weight is 248 g/mol. The Hall–Kier alpha value is -2.53. The fourth-order valence-electron chi connectivity index (χ4n) is 1.98. The van der Waals surface area contributed by atoms with Crippen LogP contribution in [0.5, 0.6) is 0 Å². The lowest BCUT2D eigenvalue weighted by atomic mass is 10.00. The van der Waals surface area contributed by atoms with Gasteiger partial charge in [0.2, 0.25) is 0 Å². The highest BCUT2D eigenvalue weighted by Gasteiger charge is 2.06. The van der Waals surface area contributed by atoms with Crippen LogP contribution in [0.3, 0.4) is 0 Å². The minimum atomic E-state index is 0.565. The standard InChI is InChI=1S/C17H16N2/c1-13-6-5-9-15(10-13)17(19)16(12-18)11-14-7-3-2-4-8-14/h2-10H,11,19H2,1H3/b17-16+. The van der Waals surface area contributed by atoms with Gasteiger partial charge in [0.05, 0.1) is 17.3 Å². The Kier molecular flexibility index (Phi) is 4.00. The van der Waals surface area contributed by atoms with Crippen LogP contribution >= 0.6 is 0 Å². The fraction of sp³-hybridized carbons (Fsp3) is 0.118. The topological polar surface area (TPSA) is 49.8 Å². The first-order chi connectivity index (χ1) is 9.20. The summed E-state index contributed by atoms with van der Waals surface area (Å²) in [6.07, 6.45) is 0.567. The summed E-state index contributed by atoms with van der Waals surface area (Å²) in [5.41, 5.74) is 10.4. The largest absolute Gasteiger partial charge is 0.397 e. The highest BCUT2D eigenvalue weighted by Crippen LogP contribution is 2.18. The number of nitriles is 1. The van der Waals surface area contributed by atoms with Crippen molar-refractivity contribution >= 4 is 5.70 Å². The van der Waals surface area contributed by atoms with E-state index in [2.05, 4.69) is 6.07 Å². The molecule has 0 fully saturated rings. The van der Waals surface area contributed by atoms with Gasteiger partial charge >= 0.3 is 0 Å². The van der Waals surface area contributed by atoms with E-state index in [1.807, 2.05) is 61.5 Å². The summed E-state index contributed by atoms with van der Waals surface area (Å²) in [6.45, 7) is 2.01. The van der Waals surface area contributed by atoms with Gasteiger partial charge in [-0.15, -0.1) is 0 Å². The molecule has 2 heteroatoms. The zero-order valence-electron chi connectivity index (χ0n) is 10.9. The minimum absolute atomic E-state index is 0.565. The summed E-state index contributed by atoms with van der Waals surface area (Å²) < 4.78 is 0. The quantitative estimate of drug-likeness (QED) is 0.846. The van der Waals surface area contributed by atoms with Crippen molar-refractivity contribution in [2.75, 3.05) is 0 Å². The van der Waals surface area contributed by atoms with E-state index in [9.17, 15) is 5.26 Å². The Balaban J connectivity index is 2.35. The molecule has 0 unspecified atom stereocenters. The lowest BCUT2D eigenvalue weighted by Crippen LogP contribution is -2.03. The maximum absolute atomic E-state index is 9.30.